The summed E-state index contributed by atoms with van der Waals surface area (Å²) in [5.41, 5.74) is 9.22. The zero-order chi connectivity index (χ0) is 15.1. The smallest absolute Gasteiger partial charge is 0.127 e. The molecule has 1 saturated heterocycles. The average Bonchev–Trinajstić information content (AvgIpc) is 2.46. The third kappa shape index (κ3) is 4.21. The first-order valence-electron chi connectivity index (χ1n) is 7.11. The first kappa shape index (κ1) is 17.0. The highest BCUT2D eigenvalue weighted by Crippen LogP contribution is 2.29. The van der Waals surface area contributed by atoms with Gasteiger partial charge in [-0.05, 0) is 53.7 Å². The van der Waals surface area contributed by atoms with Crippen LogP contribution in [0.25, 0.3) is 0 Å². The maximum absolute atomic E-state index is 7.79. The second-order valence-electron chi connectivity index (χ2n) is 4.53. The van der Waals surface area contributed by atoms with Crippen LogP contribution in [0.2, 0.25) is 0 Å². The topological polar surface area (TPSA) is 71.1 Å². The standard InChI is InChI=1S/C13H18BrN3O.C2H6/c1-8-5-6-9(11(12(8)15)13(14)16)17-10-4-2-3-7-18-10;1-2/h5-6,10,16-17H,2-4,7,15H2,1H3;1-2H3. The molecule has 4 nitrogen and oxygen atoms in total. The molecular formula is C15H24BrN3O. The summed E-state index contributed by atoms with van der Waals surface area (Å²) in [5, 5.41) is 11.1. The van der Waals surface area contributed by atoms with Crippen LogP contribution < -0.4 is 11.1 Å². The van der Waals surface area contributed by atoms with E-state index in [2.05, 4.69) is 21.2 Å². The molecule has 0 saturated carbocycles. The van der Waals surface area contributed by atoms with Crippen molar-refractivity contribution in [2.75, 3.05) is 17.7 Å². The number of benzene rings is 1. The molecule has 0 amide bonds. The van der Waals surface area contributed by atoms with Crippen LogP contribution in [0.3, 0.4) is 0 Å². The number of aryl methyl sites for hydroxylation is 1. The lowest BCUT2D eigenvalue weighted by molar-refractivity contribution is 0.0343. The highest BCUT2D eigenvalue weighted by atomic mass is 79.9. The quantitative estimate of drug-likeness (QED) is 0.568. The minimum absolute atomic E-state index is 0.0199. The van der Waals surface area contributed by atoms with Gasteiger partial charge in [0.15, 0.2) is 0 Å². The van der Waals surface area contributed by atoms with Crippen LogP contribution in [0.1, 0.15) is 44.2 Å². The predicted octanol–water partition coefficient (Wildman–Crippen LogP) is 4.26. The van der Waals surface area contributed by atoms with Crippen molar-refractivity contribution in [1.82, 2.24) is 0 Å². The van der Waals surface area contributed by atoms with E-state index in [0.717, 1.165) is 30.7 Å². The van der Waals surface area contributed by atoms with Gasteiger partial charge in [-0.25, -0.2) is 0 Å². The molecule has 1 aromatic rings. The van der Waals surface area contributed by atoms with Crippen molar-refractivity contribution in [2.24, 2.45) is 0 Å². The fourth-order valence-corrected chi connectivity index (χ4v) is 2.54. The Morgan fingerprint density at radius 1 is 1.40 bits per heavy atom. The van der Waals surface area contributed by atoms with E-state index in [4.69, 9.17) is 15.9 Å². The Kier molecular flexibility index (Phi) is 7.02. The maximum atomic E-state index is 7.79. The lowest BCUT2D eigenvalue weighted by Crippen LogP contribution is -2.28. The molecule has 5 heteroatoms. The van der Waals surface area contributed by atoms with Crippen molar-refractivity contribution in [1.29, 1.82) is 5.41 Å². The van der Waals surface area contributed by atoms with Crippen LogP contribution in [-0.2, 0) is 4.74 Å². The fourth-order valence-electron chi connectivity index (χ4n) is 2.11. The minimum atomic E-state index is 0.0199. The number of nitrogen functional groups attached to an aromatic ring is 1. The molecule has 1 heterocycles. The fraction of sp³-hybridized carbons (Fsp3) is 0.533. The SMILES string of the molecule is CC.Cc1ccc(NC2CCCCO2)c(C(=N)Br)c1N. The van der Waals surface area contributed by atoms with Crippen molar-refractivity contribution in [3.63, 3.8) is 0 Å². The first-order chi connectivity index (χ1) is 9.59. The van der Waals surface area contributed by atoms with Gasteiger partial charge in [-0.3, -0.25) is 5.41 Å². The number of hydrogen-bond donors (Lipinski definition) is 3. The third-order valence-electron chi connectivity index (χ3n) is 3.18. The zero-order valence-electron chi connectivity index (χ0n) is 12.4. The molecule has 1 atom stereocenters. The summed E-state index contributed by atoms with van der Waals surface area (Å²) in [6.07, 6.45) is 3.30. The Morgan fingerprint density at radius 3 is 2.65 bits per heavy atom. The van der Waals surface area contributed by atoms with Crippen LogP contribution >= 0.6 is 15.9 Å². The normalized spacial score (nSPS) is 17.9. The van der Waals surface area contributed by atoms with Crippen molar-refractivity contribution >= 4 is 31.9 Å². The molecule has 1 aromatic carbocycles. The number of hydrogen-bond acceptors (Lipinski definition) is 4. The molecule has 0 spiro atoms. The molecule has 0 radical (unpaired) electrons. The molecule has 0 aliphatic carbocycles. The first-order valence-corrected chi connectivity index (χ1v) is 7.90. The zero-order valence-corrected chi connectivity index (χ0v) is 14.0. The summed E-state index contributed by atoms with van der Waals surface area (Å²) in [4.78, 5) is 0. The lowest BCUT2D eigenvalue weighted by Gasteiger charge is -2.26. The van der Waals surface area contributed by atoms with E-state index in [-0.39, 0.29) is 6.23 Å². The van der Waals surface area contributed by atoms with Gasteiger partial charge in [0.05, 0.1) is 5.56 Å². The maximum Gasteiger partial charge on any atom is 0.127 e. The van der Waals surface area contributed by atoms with E-state index >= 15 is 0 Å². The van der Waals surface area contributed by atoms with Crippen molar-refractivity contribution in [3.8, 4) is 0 Å². The van der Waals surface area contributed by atoms with Crippen molar-refractivity contribution in [3.05, 3.63) is 23.3 Å². The van der Waals surface area contributed by atoms with E-state index in [0.29, 0.717) is 15.9 Å². The van der Waals surface area contributed by atoms with Crippen LogP contribution in [0.4, 0.5) is 11.4 Å². The van der Waals surface area contributed by atoms with Crippen LogP contribution in [0.15, 0.2) is 12.1 Å². The molecular weight excluding hydrogens is 318 g/mol. The van der Waals surface area contributed by atoms with Gasteiger partial charge in [0.25, 0.3) is 0 Å². The van der Waals surface area contributed by atoms with E-state index in [1.165, 1.54) is 6.42 Å². The molecule has 1 aliphatic rings. The Balaban J connectivity index is 0.000000956. The molecule has 4 N–H and O–H groups in total. The van der Waals surface area contributed by atoms with Crippen molar-refractivity contribution in [2.45, 2.75) is 46.3 Å². The van der Waals surface area contributed by atoms with Gasteiger partial charge in [-0.1, -0.05) is 19.9 Å². The summed E-state index contributed by atoms with van der Waals surface area (Å²) in [5.74, 6) is 0. The van der Waals surface area contributed by atoms with Crippen molar-refractivity contribution < 1.29 is 4.74 Å². The van der Waals surface area contributed by atoms with E-state index < -0.39 is 0 Å². The predicted molar refractivity (Wildman–Crippen MR) is 89.9 cm³/mol. The Morgan fingerprint density at radius 2 is 2.10 bits per heavy atom. The molecule has 1 fully saturated rings. The van der Waals surface area contributed by atoms with Gasteiger partial charge >= 0.3 is 0 Å². The van der Waals surface area contributed by atoms with Gasteiger partial charge < -0.3 is 15.8 Å². The molecule has 0 bridgehead atoms. The minimum Gasteiger partial charge on any atom is -0.398 e. The Bertz CT molecular complexity index is 457. The third-order valence-corrected chi connectivity index (χ3v) is 3.58. The van der Waals surface area contributed by atoms with E-state index in [1.807, 2.05) is 32.9 Å². The molecule has 112 valence electrons. The molecule has 20 heavy (non-hydrogen) atoms. The van der Waals surface area contributed by atoms with Crippen LogP contribution in [0, 0.1) is 12.3 Å². The van der Waals surface area contributed by atoms with Gasteiger partial charge in [0.1, 0.15) is 10.8 Å². The Hall–Kier alpha value is -1.07. The average molecular weight is 342 g/mol. The molecule has 0 aromatic heterocycles. The number of nitrogens with two attached hydrogens (primary N) is 1. The number of halogens is 1. The highest BCUT2D eigenvalue weighted by Gasteiger charge is 2.17. The summed E-state index contributed by atoms with van der Waals surface area (Å²) in [6.45, 7) is 6.73. The largest absolute Gasteiger partial charge is 0.398 e. The summed E-state index contributed by atoms with van der Waals surface area (Å²) >= 11 is 3.21. The van der Waals surface area contributed by atoms with Gasteiger partial charge in [-0.2, -0.15) is 0 Å². The summed E-state index contributed by atoms with van der Waals surface area (Å²) in [6, 6.07) is 3.91. The van der Waals surface area contributed by atoms with E-state index in [1.54, 1.807) is 0 Å². The number of rotatable bonds is 3. The summed E-state index contributed by atoms with van der Waals surface area (Å²) in [7, 11) is 0. The second kappa shape index (κ2) is 8.27. The molecule has 2 rings (SSSR count). The lowest BCUT2D eigenvalue weighted by atomic mass is 10.1. The number of anilines is 2. The monoisotopic (exact) mass is 341 g/mol. The van der Waals surface area contributed by atoms with Crippen LogP contribution in [0.5, 0.6) is 0 Å². The van der Waals surface area contributed by atoms with Gasteiger partial charge in [0.2, 0.25) is 0 Å². The van der Waals surface area contributed by atoms with Gasteiger partial charge in [0, 0.05) is 18.0 Å². The van der Waals surface area contributed by atoms with Crippen LogP contribution in [-0.4, -0.2) is 17.5 Å². The van der Waals surface area contributed by atoms with E-state index in [9.17, 15) is 0 Å². The highest BCUT2D eigenvalue weighted by molar-refractivity contribution is 9.18. The molecule has 1 unspecified atom stereocenters. The number of nitrogens with one attached hydrogen (secondary N) is 2. The Labute approximate surface area is 129 Å². The summed E-state index contributed by atoms with van der Waals surface area (Å²) < 4.78 is 5.94. The molecule has 1 aliphatic heterocycles. The number of ether oxygens (including phenoxy) is 1. The second-order valence-corrected chi connectivity index (χ2v) is 5.33. The van der Waals surface area contributed by atoms with Gasteiger partial charge in [-0.15, -0.1) is 0 Å².